The smallest absolute Gasteiger partial charge is 0.223 e. The van der Waals surface area contributed by atoms with E-state index >= 15 is 0 Å². The number of rotatable bonds is 5. The highest BCUT2D eigenvalue weighted by Gasteiger charge is 2.38. The van der Waals surface area contributed by atoms with E-state index in [9.17, 15) is 13.2 Å². The summed E-state index contributed by atoms with van der Waals surface area (Å²) in [6, 6.07) is -0.312. The zero-order chi connectivity index (χ0) is 14.7. The maximum atomic E-state index is 11.6. The van der Waals surface area contributed by atoms with Crippen molar-refractivity contribution in [1.29, 1.82) is 0 Å². The minimum atomic E-state index is -3.03. The first-order valence-electron chi connectivity index (χ1n) is 5.96. The molecule has 1 fully saturated rings. The van der Waals surface area contributed by atoms with Gasteiger partial charge in [0.25, 0.3) is 0 Å². The van der Waals surface area contributed by atoms with Gasteiger partial charge in [-0.2, -0.15) is 0 Å². The van der Waals surface area contributed by atoms with E-state index in [2.05, 4.69) is 10.6 Å². The average molecular weight is 352 g/mol. The van der Waals surface area contributed by atoms with Crippen LogP contribution >= 0.6 is 34.8 Å². The number of amides is 1. The minimum absolute atomic E-state index is 0.00606. The van der Waals surface area contributed by atoms with Crippen molar-refractivity contribution in [2.45, 2.75) is 42.2 Å². The normalized spacial score (nSPS) is 24.1. The molecule has 0 aromatic rings. The van der Waals surface area contributed by atoms with Crippen LogP contribution in [0.25, 0.3) is 0 Å². The van der Waals surface area contributed by atoms with E-state index in [0.717, 1.165) is 0 Å². The summed E-state index contributed by atoms with van der Waals surface area (Å²) in [5.74, 6) is -0.138. The monoisotopic (exact) mass is 350 g/mol. The number of hydrogen-bond acceptors (Lipinski definition) is 4. The van der Waals surface area contributed by atoms with E-state index in [1.807, 2.05) is 6.92 Å². The number of hydrogen-bond donors (Lipinski definition) is 2. The first-order valence-corrected chi connectivity index (χ1v) is 8.92. The van der Waals surface area contributed by atoms with Gasteiger partial charge in [0.2, 0.25) is 9.70 Å². The molecule has 2 atom stereocenters. The Bertz CT molecular complexity index is 422. The van der Waals surface area contributed by atoms with Gasteiger partial charge in [0, 0.05) is 12.5 Å². The Kier molecular flexibility index (Phi) is 6.20. The fourth-order valence-corrected chi connectivity index (χ4v) is 3.88. The van der Waals surface area contributed by atoms with Crippen molar-refractivity contribution in [2.75, 3.05) is 11.5 Å². The summed E-state index contributed by atoms with van der Waals surface area (Å²) < 4.78 is 21.0. The Morgan fingerprint density at radius 3 is 2.47 bits per heavy atom. The zero-order valence-electron chi connectivity index (χ0n) is 10.5. The van der Waals surface area contributed by atoms with E-state index in [0.29, 0.717) is 19.3 Å². The van der Waals surface area contributed by atoms with E-state index in [1.165, 1.54) is 0 Å². The molecule has 1 heterocycles. The van der Waals surface area contributed by atoms with Crippen LogP contribution < -0.4 is 10.6 Å². The SMILES string of the molecule is CCCC(=O)NC(NC1CCS(=O)(=O)C1)C(Cl)(Cl)Cl. The average Bonchev–Trinajstić information content (AvgIpc) is 2.56. The van der Waals surface area contributed by atoms with Crippen molar-refractivity contribution in [1.82, 2.24) is 10.6 Å². The summed E-state index contributed by atoms with van der Waals surface area (Å²) in [5, 5.41) is 5.47. The van der Waals surface area contributed by atoms with Crippen molar-refractivity contribution in [3.05, 3.63) is 0 Å². The zero-order valence-corrected chi connectivity index (χ0v) is 13.5. The van der Waals surface area contributed by atoms with E-state index < -0.39 is 19.8 Å². The summed E-state index contributed by atoms with van der Waals surface area (Å²) in [6.07, 6.45) is 0.538. The van der Waals surface area contributed by atoms with Crippen molar-refractivity contribution in [3.63, 3.8) is 0 Å². The standard InChI is InChI=1S/C10H17Cl3N2O3S/c1-2-3-8(16)15-9(10(11,12)13)14-7-4-5-19(17,18)6-7/h7,9,14H,2-6H2,1H3,(H,15,16). The van der Waals surface area contributed by atoms with Crippen LogP contribution in [-0.2, 0) is 14.6 Å². The third-order valence-electron chi connectivity index (χ3n) is 2.74. The van der Waals surface area contributed by atoms with Crippen LogP contribution in [-0.4, -0.2) is 41.8 Å². The highest BCUT2D eigenvalue weighted by atomic mass is 35.6. The van der Waals surface area contributed by atoms with Gasteiger partial charge >= 0.3 is 0 Å². The van der Waals surface area contributed by atoms with Crippen molar-refractivity contribution >= 4 is 50.5 Å². The Morgan fingerprint density at radius 1 is 1.42 bits per heavy atom. The van der Waals surface area contributed by atoms with Crippen molar-refractivity contribution in [2.24, 2.45) is 0 Å². The molecule has 9 heteroatoms. The Balaban J connectivity index is 2.63. The summed E-state index contributed by atoms with van der Waals surface area (Å²) in [7, 11) is -3.03. The van der Waals surface area contributed by atoms with Gasteiger partial charge in [0.05, 0.1) is 11.5 Å². The number of alkyl halides is 3. The minimum Gasteiger partial charge on any atom is -0.337 e. The van der Waals surface area contributed by atoms with E-state index in [1.54, 1.807) is 0 Å². The second-order valence-electron chi connectivity index (χ2n) is 4.56. The van der Waals surface area contributed by atoms with Crippen LogP contribution in [0.2, 0.25) is 0 Å². The van der Waals surface area contributed by atoms with Gasteiger partial charge in [-0.3, -0.25) is 10.1 Å². The second-order valence-corrected chi connectivity index (χ2v) is 9.16. The molecule has 1 aliphatic rings. The van der Waals surface area contributed by atoms with Crippen LogP contribution in [0.3, 0.4) is 0 Å². The molecule has 0 aromatic heterocycles. The largest absolute Gasteiger partial charge is 0.337 e. The Labute approximate surface area is 128 Å². The Hall–Kier alpha value is 0.250. The number of halogens is 3. The molecule has 0 bridgehead atoms. The number of carbonyl (C=O) groups excluding carboxylic acids is 1. The number of nitrogens with one attached hydrogen (secondary N) is 2. The van der Waals surface area contributed by atoms with Crippen LogP contribution in [0.4, 0.5) is 0 Å². The third-order valence-corrected chi connectivity index (χ3v) is 5.17. The molecule has 1 amide bonds. The first-order chi connectivity index (χ1) is 8.64. The third kappa shape index (κ3) is 6.04. The predicted octanol–water partition coefficient (Wildman–Crippen LogP) is 1.38. The predicted molar refractivity (Wildman–Crippen MR) is 77.3 cm³/mol. The van der Waals surface area contributed by atoms with E-state index in [-0.39, 0.29) is 23.5 Å². The highest BCUT2D eigenvalue weighted by molar-refractivity contribution is 7.91. The molecule has 0 saturated carbocycles. The molecular weight excluding hydrogens is 335 g/mol. The molecule has 2 N–H and O–H groups in total. The summed E-state index contributed by atoms with van der Waals surface area (Å²) in [4.78, 5) is 11.6. The van der Waals surface area contributed by atoms with Crippen LogP contribution in [0, 0.1) is 0 Å². The maximum Gasteiger partial charge on any atom is 0.223 e. The molecule has 0 aromatic carbocycles. The lowest BCUT2D eigenvalue weighted by atomic mass is 10.2. The van der Waals surface area contributed by atoms with Gasteiger partial charge in [0.1, 0.15) is 6.17 Å². The summed E-state index contributed by atoms with van der Waals surface area (Å²) in [5.41, 5.74) is 0. The fraction of sp³-hybridized carbons (Fsp3) is 0.900. The van der Waals surface area contributed by atoms with Gasteiger partial charge in [-0.25, -0.2) is 8.42 Å². The molecule has 5 nitrogen and oxygen atoms in total. The molecule has 0 spiro atoms. The molecule has 2 unspecified atom stereocenters. The van der Waals surface area contributed by atoms with Crippen LogP contribution in [0.5, 0.6) is 0 Å². The number of sulfone groups is 1. The van der Waals surface area contributed by atoms with Crippen LogP contribution in [0.15, 0.2) is 0 Å². The first kappa shape index (κ1) is 17.3. The van der Waals surface area contributed by atoms with Gasteiger partial charge < -0.3 is 5.32 Å². The fourth-order valence-electron chi connectivity index (χ4n) is 1.84. The Morgan fingerprint density at radius 2 is 2.05 bits per heavy atom. The van der Waals surface area contributed by atoms with Gasteiger partial charge in [-0.15, -0.1) is 0 Å². The van der Waals surface area contributed by atoms with Gasteiger partial charge in [-0.05, 0) is 12.8 Å². The lowest BCUT2D eigenvalue weighted by molar-refractivity contribution is -0.122. The molecule has 0 aliphatic carbocycles. The molecular formula is C10H17Cl3N2O3S. The molecule has 19 heavy (non-hydrogen) atoms. The van der Waals surface area contributed by atoms with Crippen molar-refractivity contribution in [3.8, 4) is 0 Å². The maximum absolute atomic E-state index is 11.6. The summed E-state index contributed by atoms with van der Waals surface area (Å²) in [6.45, 7) is 1.86. The molecule has 0 radical (unpaired) electrons. The summed E-state index contributed by atoms with van der Waals surface area (Å²) >= 11 is 17.4. The van der Waals surface area contributed by atoms with Gasteiger partial charge in [-0.1, -0.05) is 41.7 Å². The number of carbonyl (C=O) groups is 1. The molecule has 1 rings (SSSR count). The van der Waals surface area contributed by atoms with Crippen LogP contribution in [0.1, 0.15) is 26.2 Å². The van der Waals surface area contributed by atoms with Gasteiger partial charge in [0.15, 0.2) is 9.84 Å². The van der Waals surface area contributed by atoms with E-state index in [4.69, 9.17) is 34.8 Å². The molecule has 1 aliphatic heterocycles. The quantitative estimate of drug-likeness (QED) is 0.579. The highest BCUT2D eigenvalue weighted by Crippen LogP contribution is 2.30. The second kappa shape index (κ2) is 6.80. The topological polar surface area (TPSA) is 75.3 Å². The lowest BCUT2D eigenvalue weighted by Crippen LogP contribution is -2.56. The lowest BCUT2D eigenvalue weighted by Gasteiger charge is -2.29. The molecule has 1 saturated heterocycles. The van der Waals surface area contributed by atoms with Crippen molar-refractivity contribution < 1.29 is 13.2 Å². The molecule has 112 valence electrons.